The van der Waals surface area contributed by atoms with Crippen LogP contribution in [0, 0.1) is 46.3 Å². The first-order chi connectivity index (χ1) is 13.2. The van der Waals surface area contributed by atoms with E-state index in [-0.39, 0.29) is 29.5 Å². The van der Waals surface area contributed by atoms with E-state index in [0.717, 1.165) is 25.7 Å². The Morgan fingerprint density at radius 1 is 1.14 bits per heavy atom. The number of carbonyl (C=O) groups is 1. The molecule has 5 heteroatoms. The summed E-state index contributed by atoms with van der Waals surface area (Å²) in [6.07, 6.45) is 6.35. The van der Waals surface area contributed by atoms with Gasteiger partial charge in [-0.1, -0.05) is 20.8 Å². The molecule has 0 aliphatic heterocycles. The van der Waals surface area contributed by atoms with Gasteiger partial charge in [0, 0.05) is 18.9 Å². The second-order valence-corrected chi connectivity index (χ2v) is 10.5. The van der Waals surface area contributed by atoms with Crippen molar-refractivity contribution in [1.82, 2.24) is 0 Å². The van der Waals surface area contributed by atoms with Gasteiger partial charge in [-0.25, -0.2) is 9.18 Å². The summed E-state index contributed by atoms with van der Waals surface area (Å²) in [5.74, 6) is 2.29. The van der Waals surface area contributed by atoms with E-state index in [1.54, 1.807) is 0 Å². The predicted molar refractivity (Wildman–Crippen MR) is 104 cm³/mol. The third-order valence-corrected chi connectivity index (χ3v) is 9.59. The molecule has 4 aliphatic carbocycles. The largest absolute Gasteiger partial charge is 0.511 e. The van der Waals surface area contributed by atoms with Crippen molar-refractivity contribution in [2.75, 3.05) is 6.61 Å². The number of hydrogen-bond acceptors (Lipinski definition) is 3. The van der Waals surface area contributed by atoms with Crippen LogP contribution < -0.4 is 0 Å². The molecule has 4 aliphatic rings. The Bertz CT molecular complexity index is 676. The highest BCUT2D eigenvalue weighted by molar-refractivity contribution is 5.58. The Labute approximate surface area is 167 Å². The first-order valence-electron chi connectivity index (χ1n) is 11.1. The summed E-state index contributed by atoms with van der Waals surface area (Å²) in [6.45, 7) is 7.15. The van der Waals surface area contributed by atoms with E-state index in [2.05, 4.69) is 20.8 Å². The van der Waals surface area contributed by atoms with Crippen molar-refractivity contribution in [3.05, 3.63) is 11.6 Å². The van der Waals surface area contributed by atoms with Crippen LogP contribution >= 0.6 is 0 Å². The lowest BCUT2D eigenvalue weighted by Crippen LogP contribution is -2.53. The van der Waals surface area contributed by atoms with E-state index < -0.39 is 6.16 Å². The van der Waals surface area contributed by atoms with Gasteiger partial charge in [0.2, 0.25) is 0 Å². The van der Waals surface area contributed by atoms with Crippen LogP contribution in [0.1, 0.15) is 72.1 Å². The predicted octanol–water partition coefficient (Wildman–Crippen LogP) is 5.76. The number of allylic oxidation sites excluding steroid dienone is 2. The Hall–Kier alpha value is -1.10. The zero-order valence-corrected chi connectivity index (χ0v) is 17.4. The molecule has 0 radical (unpaired) electrons. The SMILES string of the molecule is C[C@H](CO)[C@H]1CC[C@H]2[C@@H]3CC[C@H]4C(F)=C(OC(=O)O)CC[C@]4(C)[C@H]3CC[C@]12C. The van der Waals surface area contributed by atoms with E-state index in [4.69, 9.17) is 9.84 Å². The normalized spacial score (nSPS) is 46.4. The molecule has 8 atom stereocenters. The molecular weight excluding hydrogens is 359 g/mol. The lowest BCUT2D eigenvalue weighted by atomic mass is 9.45. The second-order valence-electron chi connectivity index (χ2n) is 10.5. The number of halogens is 1. The molecule has 4 rings (SSSR count). The van der Waals surface area contributed by atoms with E-state index in [9.17, 15) is 9.90 Å². The fourth-order valence-electron chi connectivity index (χ4n) is 8.24. The smallest absolute Gasteiger partial charge is 0.449 e. The molecule has 4 nitrogen and oxygen atoms in total. The number of ether oxygens (including phenoxy) is 1. The van der Waals surface area contributed by atoms with Crippen molar-refractivity contribution in [3.8, 4) is 0 Å². The van der Waals surface area contributed by atoms with Crippen molar-refractivity contribution in [1.29, 1.82) is 0 Å². The van der Waals surface area contributed by atoms with Gasteiger partial charge in [-0.05, 0) is 85.4 Å². The van der Waals surface area contributed by atoms with Crippen LogP contribution in [-0.4, -0.2) is 23.0 Å². The molecule has 0 saturated heterocycles. The first kappa shape index (κ1) is 20.2. The summed E-state index contributed by atoms with van der Waals surface area (Å²) in [7, 11) is 0. The summed E-state index contributed by atoms with van der Waals surface area (Å²) in [4.78, 5) is 10.9. The fraction of sp³-hybridized carbons (Fsp3) is 0.870. The van der Waals surface area contributed by atoms with E-state index >= 15 is 4.39 Å². The van der Waals surface area contributed by atoms with Crippen LogP contribution in [0.5, 0.6) is 0 Å². The maximum atomic E-state index is 15.2. The standard InChI is InChI=1S/C23H35FO4/c1-13(12-25)15-6-7-16-14-4-5-18-20(24)19(28-21(26)27)9-11-23(18,3)17(14)8-10-22(15,16)2/h13-18,25H,4-12H2,1-3H3,(H,26,27)/t13-,14+,15-,16+,17+,18+,22-,23-/m1/s1. The van der Waals surface area contributed by atoms with E-state index in [1.807, 2.05) is 0 Å². The summed E-state index contributed by atoms with van der Waals surface area (Å²) >= 11 is 0. The molecule has 28 heavy (non-hydrogen) atoms. The van der Waals surface area contributed by atoms with Crippen LogP contribution in [0.4, 0.5) is 9.18 Å². The maximum absolute atomic E-state index is 15.2. The molecular formula is C23H35FO4. The van der Waals surface area contributed by atoms with Crippen molar-refractivity contribution >= 4 is 6.16 Å². The number of fused-ring (bicyclic) bond motifs is 5. The van der Waals surface area contributed by atoms with Gasteiger partial charge in [0.25, 0.3) is 0 Å². The van der Waals surface area contributed by atoms with Gasteiger partial charge in [-0.15, -0.1) is 0 Å². The number of aliphatic hydroxyl groups excluding tert-OH is 1. The van der Waals surface area contributed by atoms with Gasteiger partial charge in [0.05, 0.1) is 0 Å². The van der Waals surface area contributed by atoms with Crippen molar-refractivity contribution in [3.63, 3.8) is 0 Å². The monoisotopic (exact) mass is 394 g/mol. The molecule has 0 heterocycles. The molecule has 0 aromatic heterocycles. The minimum atomic E-state index is -1.41. The van der Waals surface area contributed by atoms with Crippen LogP contribution in [-0.2, 0) is 4.74 Å². The number of hydrogen-bond donors (Lipinski definition) is 2. The third kappa shape index (κ3) is 2.83. The van der Waals surface area contributed by atoms with Gasteiger partial charge in [-0.2, -0.15) is 0 Å². The molecule has 0 bridgehead atoms. The Balaban J connectivity index is 1.60. The lowest BCUT2D eigenvalue weighted by molar-refractivity contribution is -0.107. The molecule has 2 N–H and O–H groups in total. The topological polar surface area (TPSA) is 66.8 Å². The molecule has 0 unspecified atom stereocenters. The summed E-state index contributed by atoms with van der Waals surface area (Å²) in [5.41, 5.74) is 0.202. The Morgan fingerprint density at radius 3 is 2.54 bits per heavy atom. The van der Waals surface area contributed by atoms with Crippen molar-refractivity contribution in [2.24, 2.45) is 46.3 Å². The van der Waals surface area contributed by atoms with Crippen LogP contribution in [0.3, 0.4) is 0 Å². The van der Waals surface area contributed by atoms with Crippen molar-refractivity contribution in [2.45, 2.75) is 72.1 Å². The summed E-state index contributed by atoms with van der Waals surface area (Å²) in [5, 5.41) is 18.7. The molecule has 0 aromatic carbocycles. The minimum Gasteiger partial charge on any atom is -0.449 e. The lowest BCUT2D eigenvalue weighted by Gasteiger charge is -2.60. The minimum absolute atomic E-state index is 0.0479. The van der Waals surface area contributed by atoms with Crippen LogP contribution in [0.25, 0.3) is 0 Å². The van der Waals surface area contributed by atoms with Gasteiger partial charge in [0.1, 0.15) is 11.6 Å². The average Bonchev–Trinajstić information content (AvgIpc) is 3.00. The average molecular weight is 395 g/mol. The third-order valence-electron chi connectivity index (χ3n) is 9.59. The second kappa shape index (κ2) is 7.00. The Morgan fingerprint density at radius 2 is 1.86 bits per heavy atom. The van der Waals surface area contributed by atoms with Gasteiger partial charge >= 0.3 is 6.16 Å². The molecule has 0 spiro atoms. The summed E-state index contributed by atoms with van der Waals surface area (Å²) < 4.78 is 19.9. The number of carboxylic acid groups (broad SMARTS) is 1. The number of aliphatic hydroxyl groups is 1. The molecule has 3 fully saturated rings. The molecule has 0 aromatic rings. The zero-order chi connectivity index (χ0) is 20.3. The fourth-order valence-corrected chi connectivity index (χ4v) is 8.24. The molecule has 158 valence electrons. The highest BCUT2D eigenvalue weighted by Gasteiger charge is 2.61. The highest BCUT2D eigenvalue weighted by atomic mass is 19.1. The highest BCUT2D eigenvalue weighted by Crippen LogP contribution is 2.68. The Kier molecular flexibility index (Phi) is 5.05. The molecule has 0 amide bonds. The maximum Gasteiger partial charge on any atom is 0.511 e. The number of rotatable bonds is 3. The van der Waals surface area contributed by atoms with E-state index in [0.29, 0.717) is 41.4 Å². The van der Waals surface area contributed by atoms with Crippen LogP contribution in [0.2, 0.25) is 0 Å². The van der Waals surface area contributed by atoms with Crippen LogP contribution in [0.15, 0.2) is 11.6 Å². The quantitative estimate of drug-likeness (QED) is 0.597. The van der Waals surface area contributed by atoms with Gasteiger partial charge in [0.15, 0.2) is 0 Å². The van der Waals surface area contributed by atoms with Crippen molar-refractivity contribution < 1.29 is 24.1 Å². The zero-order valence-electron chi connectivity index (χ0n) is 17.4. The molecule has 3 saturated carbocycles. The van der Waals surface area contributed by atoms with Gasteiger partial charge < -0.3 is 14.9 Å². The van der Waals surface area contributed by atoms with E-state index in [1.165, 1.54) is 19.3 Å². The first-order valence-corrected chi connectivity index (χ1v) is 11.1. The summed E-state index contributed by atoms with van der Waals surface area (Å²) in [6, 6.07) is 0. The van der Waals surface area contributed by atoms with Gasteiger partial charge in [-0.3, -0.25) is 0 Å².